The van der Waals surface area contributed by atoms with Crippen molar-refractivity contribution >= 4 is 0 Å². The molecule has 4 heteroatoms. The average molecular weight is 185 g/mol. The molecular weight excluding hydrogens is 179 g/mol. The van der Waals surface area contributed by atoms with Crippen molar-refractivity contribution < 1.29 is 13.2 Å². The average Bonchev–Trinajstić information content (AvgIpc) is 2.01. The quantitative estimate of drug-likeness (QED) is 0.659. The van der Waals surface area contributed by atoms with Crippen LogP contribution in [-0.2, 0) is 6.42 Å². The van der Waals surface area contributed by atoms with Crippen LogP contribution in [0.4, 0.5) is 13.2 Å². The van der Waals surface area contributed by atoms with E-state index in [0.717, 1.165) is 0 Å². The molecule has 0 bridgehead atoms. The maximum atomic E-state index is 11.9. The molecule has 0 unspecified atom stereocenters. The van der Waals surface area contributed by atoms with Crippen LogP contribution in [0.5, 0.6) is 0 Å². The van der Waals surface area contributed by atoms with E-state index < -0.39 is 12.6 Å². The van der Waals surface area contributed by atoms with Gasteiger partial charge in [-0.3, -0.25) is 0 Å². The molecule has 0 saturated heterocycles. The molecule has 68 valence electrons. The van der Waals surface area contributed by atoms with E-state index >= 15 is 0 Å². The molecule has 0 aliphatic heterocycles. The van der Waals surface area contributed by atoms with Crippen LogP contribution in [0.15, 0.2) is 24.3 Å². The van der Waals surface area contributed by atoms with Gasteiger partial charge >= 0.3 is 6.18 Å². The molecule has 0 saturated carbocycles. The van der Waals surface area contributed by atoms with Gasteiger partial charge in [0.15, 0.2) is 0 Å². The predicted octanol–water partition coefficient (Wildman–Crippen LogP) is 2.66. The number of hydrogen-bond acceptors (Lipinski definition) is 1. The summed E-state index contributed by atoms with van der Waals surface area (Å²) in [5.41, 5.74) is 0.369. The molecule has 13 heavy (non-hydrogen) atoms. The molecule has 0 N–H and O–H groups in total. The third-order valence-corrected chi connectivity index (χ3v) is 1.46. The van der Waals surface area contributed by atoms with Crippen molar-refractivity contribution in [2.24, 2.45) is 0 Å². The monoisotopic (exact) mass is 185 g/mol. The largest absolute Gasteiger partial charge is 0.393 e. The predicted molar refractivity (Wildman–Crippen MR) is 40.9 cm³/mol. The minimum Gasteiger partial charge on any atom is -0.192 e. The standard InChI is InChI=1S/C9H6F3N/c10-9(11,12)5-7-2-1-3-8(4-7)6-13/h1-4H,5H2. The lowest BCUT2D eigenvalue weighted by Gasteiger charge is -2.05. The highest BCUT2D eigenvalue weighted by Gasteiger charge is 2.27. The van der Waals surface area contributed by atoms with Gasteiger partial charge < -0.3 is 0 Å². The van der Waals surface area contributed by atoms with E-state index in [-0.39, 0.29) is 11.1 Å². The maximum Gasteiger partial charge on any atom is 0.393 e. The Labute approximate surface area is 73.4 Å². The first-order chi connectivity index (χ1) is 6.01. The first kappa shape index (κ1) is 9.59. The molecule has 0 spiro atoms. The summed E-state index contributed by atoms with van der Waals surface area (Å²) in [6.45, 7) is 0. The van der Waals surface area contributed by atoms with Crippen molar-refractivity contribution in [3.05, 3.63) is 35.4 Å². The van der Waals surface area contributed by atoms with Gasteiger partial charge in [0, 0.05) is 0 Å². The van der Waals surface area contributed by atoms with Crippen molar-refractivity contribution in [1.82, 2.24) is 0 Å². The number of nitrogens with zero attached hydrogens (tertiary/aromatic N) is 1. The summed E-state index contributed by atoms with van der Waals surface area (Å²) in [6, 6.07) is 7.30. The Kier molecular flexibility index (Phi) is 2.57. The van der Waals surface area contributed by atoms with Crippen LogP contribution >= 0.6 is 0 Å². The lowest BCUT2D eigenvalue weighted by Crippen LogP contribution is -2.11. The van der Waals surface area contributed by atoms with Crippen LogP contribution in [0.1, 0.15) is 11.1 Å². The summed E-state index contributed by atoms with van der Waals surface area (Å²) >= 11 is 0. The SMILES string of the molecule is N#Cc1cccc(CC(F)(F)F)c1. The Hall–Kier alpha value is -1.50. The highest BCUT2D eigenvalue weighted by atomic mass is 19.4. The maximum absolute atomic E-state index is 11.9. The van der Waals surface area contributed by atoms with Gasteiger partial charge in [0.1, 0.15) is 0 Å². The first-order valence-electron chi connectivity index (χ1n) is 3.57. The Bertz CT molecular complexity index is 335. The van der Waals surface area contributed by atoms with E-state index in [4.69, 9.17) is 5.26 Å². The normalized spacial score (nSPS) is 10.9. The minimum atomic E-state index is -4.21. The Balaban J connectivity index is 2.86. The number of benzene rings is 1. The van der Waals surface area contributed by atoms with E-state index in [1.807, 2.05) is 0 Å². The lowest BCUT2D eigenvalue weighted by atomic mass is 10.1. The topological polar surface area (TPSA) is 23.8 Å². The highest BCUT2D eigenvalue weighted by Crippen LogP contribution is 2.21. The summed E-state index contributed by atoms with van der Waals surface area (Å²) < 4.78 is 35.7. The zero-order chi connectivity index (χ0) is 9.90. The minimum absolute atomic E-state index is 0.117. The molecule has 0 amide bonds. The molecule has 0 heterocycles. The second-order valence-electron chi connectivity index (χ2n) is 2.60. The highest BCUT2D eigenvalue weighted by molar-refractivity contribution is 5.33. The second kappa shape index (κ2) is 3.48. The van der Waals surface area contributed by atoms with Crippen LogP contribution in [0.2, 0.25) is 0 Å². The Morgan fingerprint density at radius 1 is 1.31 bits per heavy atom. The summed E-state index contributed by atoms with van der Waals surface area (Å²) in [6.07, 6.45) is -5.20. The van der Waals surface area contributed by atoms with Gasteiger partial charge in [-0.2, -0.15) is 18.4 Å². The Morgan fingerprint density at radius 2 is 2.00 bits per heavy atom. The number of nitriles is 1. The van der Waals surface area contributed by atoms with E-state index in [0.29, 0.717) is 0 Å². The summed E-state index contributed by atoms with van der Waals surface area (Å²) in [5.74, 6) is 0. The van der Waals surface area contributed by atoms with Crippen molar-refractivity contribution in [2.75, 3.05) is 0 Å². The van der Waals surface area contributed by atoms with Crippen LogP contribution in [-0.4, -0.2) is 6.18 Å². The fourth-order valence-corrected chi connectivity index (χ4v) is 0.982. The first-order valence-corrected chi connectivity index (χ1v) is 3.57. The van der Waals surface area contributed by atoms with Crippen molar-refractivity contribution in [3.63, 3.8) is 0 Å². The fraction of sp³-hybridized carbons (Fsp3) is 0.222. The summed E-state index contributed by atoms with van der Waals surface area (Å²) in [7, 11) is 0. The van der Waals surface area contributed by atoms with E-state index in [1.165, 1.54) is 24.3 Å². The van der Waals surface area contributed by atoms with Gasteiger partial charge in [-0.05, 0) is 17.7 Å². The van der Waals surface area contributed by atoms with E-state index in [2.05, 4.69) is 0 Å². The fourth-order valence-electron chi connectivity index (χ4n) is 0.982. The van der Waals surface area contributed by atoms with Gasteiger partial charge in [-0.1, -0.05) is 12.1 Å². The van der Waals surface area contributed by atoms with Gasteiger partial charge in [-0.25, -0.2) is 0 Å². The number of rotatable bonds is 1. The Morgan fingerprint density at radius 3 is 2.54 bits per heavy atom. The van der Waals surface area contributed by atoms with E-state index in [1.54, 1.807) is 6.07 Å². The number of halogens is 3. The molecule has 0 aliphatic rings. The lowest BCUT2D eigenvalue weighted by molar-refractivity contribution is -0.127. The third kappa shape index (κ3) is 3.16. The van der Waals surface area contributed by atoms with Gasteiger partial charge in [0.25, 0.3) is 0 Å². The summed E-state index contributed by atoms with van der Waals surface area (Å²) in [4.78, 5) is 0. The number of hydrogen-bond donors (Lipinski definition) is 0. The molecule has 1 nitrogen and oxygen atoms in total. The van der Waals surface area contributed by atoms with Crippen LogP contribution < -0.4 is 0 Å². The van der Waals surface area contributed by atoms with Crippen molar-refractivity contribution in [2.45, 2.75) is 12.6 Å². The third-order valence-electron chi connectivity index (χ3n) is 1.46. The molecule has 0 atom stereocenters. The zero-order valence-corrected chi connectivity index (χ0v) is 6.60. The van der Waals surface area contributed by atoms with E-state index in [9.17, 15) is 13.2 Å². The molecule has 1 rings (SSSR count). The molecule has 1 aromatic rings. The molecule has 0 radical (unpaired) electrons. The molecule has 0 aromatic heterocycles. The molecule has 0 aliphatic carbocycles. The van der Waals surface area contributed by atoms with Crippen molar-refractivity contribution in [1.29, 1.82) is 5.26 Å². The van der Waals surface area contributed by atoms with Crippen LogP contribution in [0, 0.1) is 11.3 Å². The van der Waals surface area contributed by atoms with Crippen LogP contribution in [0.3, 0.4) is 0 Å². The zero-order valence-electron chi connectivity index (χ0n) is 6.60. The molecular formula is C9H6F3N. The summed E-state index contributed by atoms with van der Waals surface area (Å²) in [5, 5.41) is 8.43. The molecule has 1 aromatic carbocycles. The van der Waals surface area contributed by atoms with Gasteiger partial charge in [-0.15, -0.1) is 0 Å². The molecule has 0 fully saturated rings. The van der Waals surface area contributed by atoms with Crippen molar-refractivity contribution in [3.8, 4) is 6.07 Å². The van der Waals surface area contributed by atoms with Gasteiger partial charge in [0.05, 0.1) is 18.1 Å². The smallest absolute Gasteiger partial charge is 0.192 e. The second-order valence-corrected chi connectivity index (χ2v) is 2.60. The number of alkyl halides is 3. The van der Waals surface area contributed by atoms with Crippen LogP contribution in [0.25, 0.3) is 0 Å². The van der Waals surface area contributed by atoms with Gasteiger partial charge in [0.2, 0.25) is 0 Å².